The van der Waals surface area contributed by atoms with Crippen molar-refractivity contribution in [3.63, 3.8) is 0 Å². The van der Waals surface area contributed by atoms with E-state index in [1.165, 1.54) is 12.1 Å². The molecule has 1 saturated heterocycles. The van der Waals surface area contributed by atoms with Crippen molar-refractivity contribution >= 4 is 17.7 Å². The van der Waals surface area contributed by atoms with Crippen LogP contribution < -0.4 is 10.1 Å². The highest BCUT2D eigenvalue weighted by molar-refractivity contribution is 5.95. The Labute approximate surface area is 253 Å². The molecule has 1 heterocycles. The number of benzene rings is 3. The van der Waals surface area contributed by atoms with Crippen LogP contribution in [0.15, 0.2) is 72.8 Å². The molecule has 3 aromatic carbocycles. The van der Waals surface area contributed by atoms with E-state index >= 15 is 0 Å². The summed E-state index contributed by atoms with van der Waals surface area (Å²) in [5.74, 6) is 0.150. The summed E-state index contributed by atoms with van der Waals surface area (Å²) in [6, 6.07) is 21.1. The van der Waals surface area contributed by atoms with E-state index in [1.54, 1.807) is 43.5 Å². The summed E-state index contributed by atoms with van der Waals surface area (Å²) in [6.45, 7) is 3.61. The van der Waals surface area contributed by atoms with Gasteiger partial charge in [0.05, 0.1) is 7.11 Å². The highest BCUT2D eigenvalue weighted by Crippen LogP contribution is 2.28. The number of amides is 3. The second-order valence-corrected chi connectivity index (χ2v) is 11.7. The Hall–Kier alpha value is -4.20. The number of nitrogens with zero attached hydrogens (tertiary/aromatic N) is 2. The van der Waals surface area contributed by atoms with Gasteiger partial charge in [0, 0.05) is 48.8 Å². The van der Waals surface area contributed by atoms with Gasteiger partial charge in [-0.15, -0.1) is 0 Å². The number of hydrogen-bond donors (Lipinski definition) is 1. The number of hydrogen-bond acceptors (Lipinski definition) is 4. The molecule has 3 aromatic rings. The third-order valence-corrected chi connectivity index (χ3v) is 8.76. The van der Waals surface area contributed by atoms with Crippen molar-refractivity contribution < 1.29 is 23.5 Å². The van der Waals surface area contributed by atoms with Gasteiger partial charge in [-0.25, -0.2) is 4.39 Å². The quantitative estimate of drug-likeness (QED) is 0.364. The molecule has 0 unspecified atom stereocenters. The number of carbonyl (C=O) groups excluding carboxylic acids is 3. The van der Waals surface area contributed by atoms with E-state index in [0.717, 1.165) is 36.8 Å². The van der Waals surface area contributed by atoms with E-state index < -0.39 is 0 Å². The Morgan fingerprint density at radius 3 is 2.16 bits per heavy atom. The molecular weight excluding hydrogens is 545 g/mol. The topological polar surface area (TPSA) is 79.0 Å². The van der Waals surface area contributed by atoms with Crippen LogP contribution in [-0.4, -0.2) is 59.8 Å². The van der Waals surface area contributed by atoms with Crippen LogP contribution in [0, 0.1) is 18.7 Å². The minimum absolute atomic E-state index is 0.0229. The van der Waals surface area contributed by atoms with Crippen LogP contribution in [-0.2, 0) is 11.3 Å². The maximum atomic E-state index is 13.6. The van der Waals surface area contributed by atoms with Crippen molar-refractivity contribution in [2.75, 3.05) is 20.2 Å². The Bertz CT molecular complexity index is 1410. The van der Waals surface area contributed by atoms with Gasteiger partial charge in [-0.1, -0.05) is 29.8 Å². The van der Waals surface area contributed by atoms with E-state index in [9.17, 15) is 18.8 Å². The highest BCUT2D eigenvalue weighted by Gasteiger charge is 2.33. The predicted molar refractivity (Wildman–Crippen MR) is 163 cm³/mol. The number of halogens is 1. The average molecular weight is 586 g/mol. The molecule has 1 saturated carbocycles. The Morgan fingerprint density at radius 1 is 0.884 bits per heavy atom. The number of ether oxygens (including phenoxy) is 1. The van der Waals surface area contributed by atoms with Crippen LogP contribution in [0.4, 0.5) is 4.39 Å². The number of carbonyl (C=O) groups is 3. The lowest BCUT2D eigenvalue weighted by Gasteiger charge is -2.38. The number of rotatable bonds is 8. The van der Waals surface area contributed by atoms with E-state index in [2.05, 4.69) is 11.4 Å². The molecule has 8 heteroatoms. The van der Waals surface area contributed by atoms with Crippen molar-refractivity contribution in [2.24, 2.45) is 5.92 Å². The van der Waals surface area contributed by atoms with E-state index in [1.807, 2.05) is 34.9 Å². The highest BCUT2D eigenvalue weighted by atomic mass is 19.1. The van der Waals surface area contributed by atoms with Crippen LogP contribution in [0.3, 0.4) is 0 Å². The predicted octanol–water partition coefficient (Wildman–Crippen LogP) is 5.76. The van der Waals surface area contributed by atoms with Gasteiger partial charge < -0.3 is 19.9 Å². The molecule has 0 atom stereocenters. The molecule has 1 aliphatic heterocycles. The molecule has 2 aliphatic rings. The fourth-order valence-electron chi connectivity index (χ4n) is 6.24. The average Bonchev–Trinajstić information content (AvgIpc) is 3.04. The van der Waals surface area contributed by atoms with Gasteiger partial charge in [0.2, 0.25) is 5.91 Å². The Kier molecular flexibility index (Phi) is 9.75. The molecule has 226 valence electrons. The molecule has 0 bridgehead atoms. The molecule has 1 aliphatic carbocycles. The fraction of sp³-hybridized carbons (Fsp3) is 0.400. The van der Waals surface area contributed by atoms with Gasteiger partial charge in [0.15, 0.2) is 0 Å². The lowest BCUT2D eigenvalue weighted by atomic mass is 9.88. The first-order valence-corrected chi connectivity index (χ1v) is 15.2. The molecule has 7 nitrogen and oxygen atoms in total. The third kappa shape index (κ3) is 7.61. The SMILES string of the molecule is COc1ccc(C(=O)N2CCC(C(=O)NC3CCC(N(Cc4cccc(C)c4)C(=O)c4ccc(F)cc4)CC3)CC2)cc1. The monoisotopic (exact) mass is 585 g/mol. The van der Waals surface area contributed by atoms with Crippen LogP contribution in [0.25, 0.3) is 0 Å². The van der Waals surface area contributed by atoms with Crippen LogP contribution in [0.2, 0.25) is 0 Å². The smallest absolute Gasteiger partial charge is 0.254 e. The molecule has 5 rings (SSSR count). The number of methoxy groups -OCH3 is 1. The number of aryl methyl sites for hydroxylation is 1. The normalized spacial score (nSPS) is 19.0. The maximum absolute atomic E-state index is 13.6. The molecule has 2 fully saturated rings. The lowest BCUT2D eigenvalue weighted by molar-refractivity contribution is -0.127. The van der Waals surface area contributed by atoms with Crippen LogP contribution >= 0.6 is 0 Å². The van der Waals surface area contributed by atoms with Crippen molar-refractivity contribution in [1.82, 2.24) is 15.1 Å². The number of piperidine rings is 1. The van der Waals surface area contributed by atoms with Gasteiger partial charge in [-0.2, -0.15) is 0 Å². The fourth-order valence-corrected chi connectivity index (χ4v) is 6.24. The minimum Gasteiger partial charge on any atom is -0.497 e. The van der Waals surface area contributed by atoms with Crippen LogP contribution in [0.5, 0.6) is 5.75 Å². The molecule has 0 radical (unpaired) electrons. The van der Waals surface area contributed by atoms with E-state index in [0.29, 0.717) is 49.4 Å². The van der Waals surface area contributed by atoms with Crippen molar-refractivity contribution in [3.8, 4) is 5.75 Å². The van der Waals surface area contributed by atoms with Crippen LogP contribution in [0.1, 0.15) is 70.4 Å². The second kappa shape index (κ2) is 13.8. The van der Waals surface area contributed by atoms with Crippen molar-refractivity contribution in [3.05, 3.63) is 101 Å². The summed E-state index contributed by atoms with van der Waals surface area (Å²) in [5, 5.41) is 3.26. The Balaban J connectivity index is 1.14. The summed E-state index contributed by atoms with van der Waals surface area (Å²) in [6.07, 6.45) is 4.40. The van der Waals surface area contributed by atoms with Gasteiger partial charge >= 0.3 is 0 Å². The minimum atomic E-state index is -0.368. The molecular formula is C35H40FN3O4. The largest absolute Gasteiger partial charge is 0.497 e. The Morgan fingerprint density at radius 2 is 1.53 bits per heavy atom. The standard InChI is InChI=1S/C35H40FN3O4/c1-24-4-3-5-25(22-24)23-39(35(42)28-6-10-29(36)11-7-28)31-14-12-30(13-15-31)37-33(40)26-18-20-38(21-19-26)34(41)27-8-16-32(43-2)17-9-27/h3-11,16-17,22,26,30-31H,12-15,18-21,23H2,1-2H3,(H,37,40). The maximum Gasteiger partial charge on any atom is 0.254 e. The summed E-state index contributed by atoms with van der Waals surface area (Å²) in [7, 11) is 1.59. The zero-order valence-electron chi connectivity index (χ0n) is 24.9. The summed E-state index contributed by atoms with van der Waals surface area (Å²) < 4.78 is 18.7. The molecule has 43 heavy (non-hydrogen) atoms. The number of nitrogens with one attached hydrogen (secondary N) is 1. The molecule has 1 N–H and O–H groups in total. The first kappa shape index (κ1) is 30.3. The zero-order valence-corrected chi connectivity index (χ0v) is 24.9. The van der Waals surface area contributed by atoms with Gasteiger partial charge in [0.25, 0.3) is 11.8 Å². The summed E-state index contributed by atoms with van der Waals surface area (Å²) in [5.41, 5.74) is 3.29. The van der Waals surface area contributed by atoms with Gasteiger partial charge in [-0.05, 0) is 99.5 Å². The first-order chi connectivity index (χ1) is 20.8. The first-order valence-electron chi connectivity index (χ1n) is 15.2. The molecule has 0 spiro atoms. The van der Waals surface area contributed by atoms with Gasteiger partial charge in [-0.3, -0.25) is 14.4 Å². The van der Waals surface area contributed by atoms with Crippen molar-refractivity contribution in [1.29, 1.82) is 0 Å². The summed E-state index contributed by atoms with van der Waals surface area (Å²) >= 11 is 0. The van der Waals surface area contributed by atoms with Crippen molar-refractivity contribution in [2.45, 2.75) is 64.1 Å². The zero-order chi connectivity index (χ0) is 30.3. The third-order valence-electron chi connectivity index (χ3n) is 8.76. The second-order valence-electron chi connectivity index (χ2n) is 11.7. The molecule has 3 amide bonds. The molecule has 0 aromatic heterocycles. The summed E-state index contributed by atoms with van der Waals surface area (Å²) in [4.78, 5) is 43.4. The number of likely N-dealkylation sites (tertiary alicyclic amines) is 1. The lowest BCUT2D eigenvalue weighted by Crippen LogP contribution is -2.48. The van der Waals surface area contributed by atoms with E-state index in [-0.39, 0.29) is 41.5 Å². The van der Waals surface area contributed by atoms with E-state index in [4.69, 9.17) is 4.74 Å². The van der Waals surface area contributed by atoms with Gasteiger partial charge in [0.1, 0.15) is 11.6 Å².